The zero-order valence-corrected chi connectivity index (χ0v) is 19.0. The zero-order valence-electron chi connectivity index (χ0n) is 18.2. The van der Waals surface area contributed by atoms with E-state index in [1.54, 1.807) is 23.6 Å². The molecule has 1 saturated heterocycles. The van der Waals surface area contributed by atoms with Gasteiger partial charge in [-0.15, -0.1) is 21.5 Å². The van der Waals surface area contributed by atoms with Crippen molar-refractivity contribution in [2.45, 2.75) is 28.4 Å². The second-order valence-corrected chi connectivity index (χ2v) is 9.45. The smallest absolute Gasteiger partial charge is 0.239 e. The van der Waals surface area contributed by atoms with Gasteiger partial charge in [0.25, 0.3) is 0 Å². The summed E-state index contributed by atoms with van der Waals surface area (Å²) in [4.78, 5) is 19.0. The highest BCUT2D eigenvalue weighted by molar-refractivity contribution is 7.15. The molecule has 1 fully saturated rings. The fraction of sp³-hybridized carbons (Fsp3) is 0.333. The number of fused-ring (bicyclic) bond motifs is 1. The van der Waals surface area contributed by atoms with Crippen LogP contribution in [0.25, 0.3) is 21.3 Å². The van der Waals surface area contributed by atoms with E-state index >= 15 is 0 Å². The number of nitrogens with one attached hydrogen (secondary N) is 1. The van der Waals surface area contributed by atoms with Gasteiger partial charge in [-0.3, -0.25) is 4.79 Å². The van der Waals surface area contributed by atoms with Gasteiger partial charge in [0.05, 0.1) is 84.7 Å². The van der Waals surface area contributed by atoms with Crippen molar-refractivity contribution in [3.05, 3.63) is 35.5 Å². The third kappa shape index (κ3) is 4.29. The molecule has 2 aromatic heterocycles. The Hall–Kier alpha value is -1.90. The molecule has 1 amide bonds. The number of morpholine rings is 1. The molecule has 150 valence electrons. The highest BCUT2D eigenvalue weighted by Crippen LogP contribution is 2.39. The number of aromatic nitrogens is 3. The van der Waals surface area contributed by atoms with Crippen molar-refractivity contribution in [3.8, 4) is 10.4 Å². The number of thiazole rings is 1. The number of benzene rings is 1. The number of amides is 1. The molecule has 1 aliphatic rings. The Bertz CT molecular complexity index is 1240. The van der Waals surface area contributed by atoms with E-state index in [-0.39, 0.29) is 5.82 Å². The lowest BCUT2D eigenvalue weighted by Crippen LogP contribution is -2.86. The van der Waals surface area contributed by atoms with Crippen LogP contribution in [-0.4, -0.2) is 117 Å². The van der Waals surface area contributed by atoms with Crippen molar-refractivity contribution in [2.75, 3.05) is 11.9 Å². The van der Waals surface area contributed by atoms with Gasteiger partial charge in [-0.25, -0.2) is 4.98 Å². The number of hydrogen-bond donors (Lipinski definition) is 1. The molecule has 1 N–H and O–H groups in total. The molecule has 0 saturated carbocycles. The van der Waals surface area contributed by atoms with E-state index in [2.05, 4.69) is 20.5 Å². The molecule has 0 unspecified atom stereocenters. The minimum atomic E-state index is -2.30. The summed E-state index contributed by atoms with van der Waals surface area (Å²) in [5.74, 6) is -0.516. The number of anilines is 1. The molecule has 34 heavy (non-hydrogen) atoms. The van der Waals surface area contributed by atoms with Crippen molar-refractivity contribution in [1.82, 2.24) is 20.1 Å². The van der Waals surface area contributed by atoms with Gasteiger partial charge in [-0.2, -0.15) is 0 Å². The summed E-state index contributed by atoms with van der Waals surface area (Å²) in [5.41, 5.74) is 1.59. The van der Waals surface area contributed by atoms with Crippen LogP contribution in [-0.2, 0) is 9.53 Å². The number of aryl methyl sites for hydroxylation is 1. The van der Waals surface area contributed by atoms with Gasteiger partial charge in [0.1, 0.15) is 0 Å². The van der Waals surface area contributed by atoms with E-state index in [1.807, 2.05) is 25.1 Å². The zero-order chi connectivity index (χ0) is 25.1. The molecule has 1 aromatic carbocycles. The summed E-state index contributed by atoms with van der Waals surface area (Å²) in [6.07, 6.45) is 1.79. The standard InChI is InChI=1S/C18H11B8N5O2S/c1-8-27-6-12(34-8)9-2-3-11-10(4-9)5-13(30-29-11)28-14(32)7-31-15(19,20)17(23,24)33-18(25,26)16(31,21)22/h2-6H,7H2,1H3,(H,28,30,32). The first-order chi connectivity index (χ1) is 15.6. The summed E-state index contributed by atoms with van der Waals surface area (Å²) in [6, 6.07) is 7.31. The van der Waals surface area contributed by atoms with E-state index in [1.165, 1.54) is 0 Å². The second kappa shape index (κ2) is 8.35. The predicted molar refractivity (Wildman–Crippen MR) is 139 cm³/mol. The van der Waals surface area contributed by atoms with Gasteiger partial charge in [0, 0.05) is 11.6 Å². The van der Waals surface area contributed by atoms with Crippen LogP contribution in [0.3, 0.4) is 0 Å². The van der Waals surface area contributed by atoms with Gasteiger partial charge in [-0.05, 0) is 52.2 Å². The van der Waals surface area contributed by atoms with Gasteiger partial charge >= 0.3 is 0 Å². The van der Waals surface area contributed by atoms with E-state index in [0.29, 0.717) is 5.52 Å². The summed E-state index contributed by atoms with van der Waals surface area (Å²) in [6.45, 7) is 1.33. The molecule has 16 heteroatoms. The van der Waals surface area contributed by atoms with E-state index in [9.17, 15) is 4.79 Å². The van der Waals surface area contributed by atoms with Crippen molar-refractivity contribution in [1.29, 1.82) is 0 Å². The highest BCUT2D eigenvalue weighted by atomic mass is 32.1. The minimum Gasteiger partial charge on any atom is -0.406 e. The van der Waals surface area contributed by atoms with E-state index in [4.69, 9.17) is 67.5 Å². The Morgan fingerprint density at radius 3 is 2.26 bits per heavy atom. The fourth-order valence-electron chi connectivity index (χ4n) is 3.51. The van der Waals surface area contributed by atoms with Gasteiger partial charge in [0.2, 0.25) is 5.91 Å². The van der Waals surface area contributed by atoms with Crippen LogP contribution in [0.1, 0.15) is 5.01 Å². The fourth-order valence-corrected chi connectivity index (χ4v) is 4.29. The normalized spacial score (nSPS) is 20.6. The summed E-state index contributed by atoms with van der Waals surface area (Å²) in [5, 5.41) is 3.37. The summed E-state index contributed by atoms with van der Waals surface area (Å²) < 4.78 is 5.13. The summed E-state index contributed by atoms with van der Waals surface area (Å²) >= 11 is 1.56. The lowest BCUT2D eigenvalue weighted by Gasteiger charge is -2.69. The van der Waals surface area contributed by atoms with Crippen LogP contribution in [0, 0.1) is 6.92 Å². The third-order valence-electron chi connectivity index (χ3n) is 5.54. The number of rotatable bonds is 4. The van der Waals surface area contributed by atoms with Crippen LogP contribution < -0.4 is 5.32 Å². The Kier molecular flexibility index (Phi) is 6.19. The molecule has 0 aliphatic carbocycles. The number of nitrogens with zero attached hydrogens (tertiary/aromatic N) is 4. The van der Waals surface area contributed by atoms with Crippen LogP contribution >= 0.6 is 11.3 Å². The molecule has 0 atom stereocenters. The number of ether oxygens (including phenoxy) is 1. The largest absolute Gasteiger partial charge is 0.406 e. The molecule has 4 rings (SSSR count). The Morgan fingerprint density at radius 1 is 1.03 bits per heavy atom. The SMILES string of the molecule is [B]C1([B])OC([B])([B])C([B])([B])N(CC(=O)Nc2cc3cc(-c4cnc(C)s4)ccc3nn2)C1([B])[B]. The topological polar surface area (TPSA) is 80.2 Å². The summed E-state index contributed by atoms with van der Waals surface area (Å²) in [7, 11) is 47.5. The van der Waals surface area contributed by atoms with E-state index < -0.39 is 33.9 Å². The lowest BCUT2D eigenvalue weighted by molar-refractivity contribution is -0.131. The van der Waals surface area contributed by atoms with Gasteiger partial charge in [0.15, 0.2) is 5.82 Å². The van der Waals surface area contributed by atoms with Crippen LogP contribution in [0.2, 0.25) is 0 Å². The number of carbonyl (C=O) groups excluding carboxylic acids is 1. The molecular weight excluding hydrogens is 437 g/mol. The van der Waals surface area contributed by atoms with E-state index in [0.717, 1.165) is 25.7 Å². The molecule has 0 spiro atoms. The highest BCUT2D eigenvalue weighted by Gasteiger charge is 2.57. The van der Waals surface area contributed by atoms with Crippen LogP contribution in [0.4, 0.5) is 5.82 Å². The molecule has 3 heterocycles. The van der Waals surface area contributed by atoms with Crippen LogP contribution in [0.5, 0.6) is 0 Å². The van der Waals surface area contributed by atoms with Crippen molar-refractivity contribution < 1.29 is 9.53 Å². The van der Waals surface area contributed by atoms with Crippen LogP contribution in [0.15, 0.2) is 30.5 Å². The third-order valence-corrected chi connectivity index (χ3v) is 6.50. The van der Waals surface area contributed by atoms with Gasteiger partial charge < -0.3 is 15.0 Å². The molecule has 7 nitrogen and oxygen atoms in total. The molecule has 1 aliphatic heterocycles. The quantitative estimate of drug-likeness (QED) is 0.480. The number of hydrogen-bond acceptors (Lipinski definition) is 7. The average molecular weight is 448 g/mol. The maximum absolute atomic E-state index is 12.9. The second-order valence-electron chi connectivity index (χ2n) is 8.22. The average Bonchev–Trinajstić information content (AvgIpc) is 3.16. The first kappa shape index (κ1) is 25.2. The van der Waals surface area contributed by atoms with Crippen molar-refractivity contribution >= 4 is 96.7 Å². The Morgan fingerprint density at radius 2 is 1.68 bits per heavy atom. The Balaban J connectivity index is 1.58. The maximum Gasteiger partial charge on any atom is 0.239 e. The number of carbonyl (C=O) groups is 1. The molecule has 0 bridgehead atoms. The Labute approximate surface area is 212 Å². The van der Waals surface area contributed by atoms with Crippen molar-refractivity contribution in [2.24, 2.45) is 0 Å². The maximum atomic E-state index is 12.9. The molecular formula is C18H11B8N5O2S. The first-order valence-electron chi connectivity index (χ1n) is 9.93. The predicted octanol–water partition coefficient (Wildman–Crippen LogP) is -1.70. The lowest BCUT2D eigenvalue weighted by atomic mass is 9.30. The minimum absolute atomic E-state index is 0.154. The first-order valence-corrected chi connectivity index (χ1v) is 10.7. The monoisotopic (exact) mass is 449 g/mol. The van der Waals surface area contributed by atoms with Crippen molar-refractivity contribution in [3.63, 3.8) is 0 Å². The van der Waals surface area contributed by atoms with Gasteiger partial charge in [-0.1, -0.05) is 6.07 Å². The molecule has 3 aromatic rings. The molecule has 16 radical (unpaired) electrons.